The van der Waals surface area contributed by atoms with E-state index in [4.69, 9.17) is 24.1 Å². The Morgan fingerprint density at radius 1 is 0.727 bits per heavy atom. The number of rotatable bonds is 14. The Morgan fingerprint density at radius 3 is 1.33 bits per heavy atom. The molecule has 8 heteroatoms. The standard InChI is InChI=1S/C20H38O6.C5H8O2/c1-19(2,3)15-23-11-13-25-17(21)9-7-8-10-18(22)26-14-12-24-16-20(4,5)6;1-3-4(2)5(6)7/h7-16H2,1-6H3;3H,1-2H3,(H,6,7). The number of esters is 2. The lowest BCUT2D eigenvalue weighted by Gasteiger charge is -2.17. The van der Waals surface area contributed by atoms with Crippen molar-refractivity contribution in [2.75, 3.05) is 39.6 Å². The first-order valence-corrected chi connectivity index (χ1v) is 11.5. The van der Waals surface area contributed by atoms with Crippen molar-refractivity contribution in [2.24, 2.45) is 10.8 Å². The molecule has 0 fully saturated rings. The monoisotopic (exact) mass is 474 g/mol. The van der Waals surface area contributed by atoms with Crippen molar-refractivity contribution in [1.29, 1.82) is 0 Å². The van der Waals surface area contributed by atoms with Gasteiger partial charge in [0.2, 0.25) is 0 Å². The largest absolute Gasteiger partial charge is 0.478 e. The predicted molar refractivity (Wildman–Crippen MR) is 128 cm³/mol. The smallest absolute Gasteiger partial charge is 0.330 e. The van der Waals surface area contributed by atoms with Crippen LogP contribution < -0.4 is 0 Å². The molecule has 0 aliphatic heterocycles. The summed E-state index contributed by atoms with van der Waals surface area (Å²) in [7, 11) is 0. The molecule has 0 aromatic rings. The van der Waals surface area contributed by atoms with Crippen LogP contribution >= 0.6 is 0 Å². The maximum Gasteiger partial charge on any atom is 0.330 e. The third kappa shape index (κ3) is 28.0. The van der Waals surface area contributed by atoms with Gasteiger partial charge in [0.1, 0.15) is 13.2 Å². The van der Waals surface area contributed by atoms with Crippen molar-refractivity contribution in [1.82, 2.24) is 0 Å². The highest BCUT2D eigenvalue weighted by Crippen LogP contribution is 2.13. The third-order valence-electron chi connectivity index (χ3n) is 3.83. The van der Waals surface area contributed by atoms with Crippen LogP contribution in [0.5, 0.6) is 0 Å². The highest BCUT2D eigenvalue weighted by Gasteiger charge is 2.11. The second-order valence-corrected chi connectivity index (χ2v) is 10.2. The van der Waals surface area contributed by atoms with Crippen LogP contribution in [-0.2, 0) is 33.3 Å². The van der Waals surface area contributed by atoms with Gasteiger partial charge in [0.25, 0.3) is 0 Å². The summed E-state index contributed by atoms with van der Waals surface area (Å²) in [6, 6.07) is 0. The van der Waals surface area contributed by atoms with Gasteiger partial charge in [-0.15, -0.1) is 0 Å². The second kappa shape index (κ2) is 18.5. The molecule has 8 nitrogen and oxygen atoms in total. The van der Waals surface area contributed by atoms with E-state index >= 15 is 0 Å². The van der Waals surface area contributed by atoms with Crippen LogP contribution in [0.25, 0.3) is 0 Å². The molecule has 0 atom stereocenters. The summed E-state index contributed by atoms with van der Waals surface area (Å²) in [5.41, 5.74) is 0.606. The Labute approximate surface area is 200 Å². The van der Waals surface area contributed by atoms with Crippen LogP contribution in [0, 0.1) is 10.8 Å². The molecule has 0 aromatic carbocycles. The lowest BCUT2D eigenvalue weighted by molar-refractivity contribution is -0.147. The van der Waals surface area contributed by atoms with E-state index in [1.165, 1.54) is 0 Å². The molecule has 0 aliphatic carbocycles. The molecule has 0 heterocycles. The lowest BCUT2D eigenvalue weighted by atomic mass is 9.99. The van der Waals surface area contributed by atoms with Crippen LogP contribution in [0.4, 0.5) is 0 Å². The van der Waals surface area contributed by atoms with Gasteiger partial charge in [-0.3, -0.25) is 9.59 Å². The van der Waals surface area contributed by atoms with E-state index in [-0.39, 0.29) is 36.0 Å². The normalized spacial score (nSPS) is 11.9. The van der Waals surface area contributed by atoms with E-state index in [1.807, 2.05) is 0 Å². The van der Waals surface area contributed by atoms with Crippen molar-refractivity contribution < 1.29 is 38.4 Å². The van der Waals surface area contributed by atoms with E-state index in [0.29, 0.717) is 57.7 Å². The van der Waals surface area contributed by atoms with Crippen LogP contribution in [0.1, 0.15) is 81.1 Å². The van der Waals surface area contributed by atoms with Gasteiger partial charge in [-0.1, -0.05) is 47.6 Å². The fourth-order valence-corrected chi connectivity index (χ4v) is 1.99. The number of carboxylic acid groups (broad SMARTS) is 1. The molecular formula is C25H46O8. The number of aliphatic carboxylic acids is 1. The number of hydrogen-bond acceptors (Lipinski definition) is 7. The maximum absolute atomic E-state index is 11.6. The number of carboxylic acids is 1. The van der Waals surface area contributed by atoms with Crippen molar-refractivity contribution in [3.05, 3.63) is 11.6 Å². The van der Waals surface area contributed by atoms with Gasteiger partial charge in [-0.2, -0.15) is 0 Å². The molecule has 0 saturated carbocycles. The number of carbonyl (C=O) groups is 3. The van der Waals surface area contributed by atoms with Gasteiger partial charge in [0, 0.05) is 18.4 Å². The Balaban J connectivity index is 0. The van der Waals surface area contributed by atoms with E-state index in [1.54, 1.807) is 19.9 Å². The SMILES string of the molecule is CC(C)(C)COCCOC(=O)CCCCC(=O)OCCOCC(C)(C)C.CC=C(C)C(=O)O. The van der Waals surface area contributed by atoms with E-state index < -0.39 is 5.97 Å². The van der Waals surface area contributed by atoms with Gasteiger partial charge in [0.05, 0.1) is 26.4 Å². The van der Waals surface area contributed by atoms with Crippen LogP contribution in [0.3, 0.4) is 0 Å². The Bertz CT molecular complexity index is 544. The summed E-state index contributed by atoms with van der Waals surface area (Å²) in [5.74, 6) is -1.36. The van der Waals surface area contributed by atoms with Gasteiger partial charge in [0.15, 0.2) is 0 Å². The molecule has 33 heavy (non-hydrogen) atoms. The molecule has 1 N–H and O–H groups in total. The third-order valence-corrected chi connectivity index (χ3v) is 3.83. The topological polar surface area (TPSA) is 108 Å². The number of allylic oxidation sites excluding steroid dienone is 1. The molecule has 194 valence electrons. The number of carbonyl (C=O) groups excluding carboxylic acids is 2. The Hall–Kier alpha value is -1.93. The predicted octanol–water partition coefficient (Wildman–Crippen LogP) is 4.80. The average Bonchev–Trinajstić information content (AvgIpc) is 2.68. The summed E-state index contributed by atoms with van der Waals surface area (Å²) in [6.45, 7) is 18.4. The average molecular weight is 475 g/mol. The highest BCUT2D eigenvalue weighted by molar-refractivity contribution is 5.85. The van der Waals surface area contributed by atoms with Gasteiger partial charge in [-0.25, -0.2) is 4.79 Å². The second-order valence-electron chi connectivity index (χ2n) is 10.2. The fraction of sp³-hybridized carbons (Fsp3) is 0.800. The van der Waals surface area contributed by atoms with Crippen molar-refractivity contribution in [2.45, 2.75) is 81.1 Å². The highest BCUT2D eigenvalue weighted by atomic mass is 16.6. The first-order valence-electron chi connectivity index (χ1n) is 11.5. The zero-order valence-corrected chi connectivity index (χ0v) is 22.0. The number of ether oxygens (including phenoxy) is 4. The quantitative estimate of drug-likeness (QED) is 0.217. The Kier molecular flexibility index (Phi) is 18.6. The van der Waals surface area contributed by atoms with Crippen LogP contribution in [0.2, 0.25) is 0 Å². The summed E-state index contributed by atoms with van der Waals surface area (Å²) >= 11 is 0. The van der Waals surface area contributed by atoms with E-state index in [9.17, 15) is 14.4 Å². The van der Waals surface area contributed by atoms with Gasteiger partial charge in [-0.05, 0) is 37.5 Å². The molecule has 0 spiro atoms. The maximum atomic E-state index is 11.6. The molecule has 0 radical (unpaired) electrons. The van der Waals surface area contributed by atoms with Gasteiger partial charge >= 0.3 is 17.9 Å². The zero-order valence-electron chi connectivity index (χ0n) is 22.0. The van der Waals surface area contributed by atoms with Crippen LogP contribution in [-0.4, -0.2) is 62.7 Å². The van der Waals surface area contributed by atoms with Gasteiger partial charge < -0.3 is 24.1 Å². The molecule has 0 bridgehead atoms. The molecule has 0 unspecified atom stereocenters. The van der Waals surface area contributed by atoms with Crippen LogP contribution in [0.15, 0.2) is 11.6 Å². The number of hydrogen-bond donors (Lipinski definition) is 1. The molecule has 0 rings (SSSR count). The first kappa shape index (κ1) is 33.2. The van der Waals surface area contributed by atoms with Crippen molar-refractivity contribution >= 4 is 17.9 Å². The molecule has 0 aromatic heterocycles. The van der Waals surface area contributed by atoms with Crippen molar-refractivity contribution in [3.8, 4) is 0 Å². The summed E-state index contributed by atoms with van der Waals surface area (Å²) < 4.78 is 21.0. The minimum atomic E-state index is -0.845. The number of unbranched alkanes of at least 4 members (excludes halogenated alkanes) is 1. The Morgan fingerprint density at radius 2 is 1.09 bits per heavy atom. The fourth-order valence-electron chi connectivity index (χ4n) is 1.99. The zero-order chi connectivity index (χ0) is 25.9. The molecule has 0 amide bonds. The summed E-state index contributed by atoms with van der Waals surface area (Å²) in [6.07, 6.45) is 3.39. The minimum absolute atomic E-state index is 0.108. The minimum Gasteiger partial charge on any atom is -0.478 e. The molecule has 0 aliphatic rings. The lowest BCUT2D eigenvalue weighted by Crippen LogP contribution is -2.18. The molecule has 0 saturated heterocycles. The van der Waals surface area contributed by atoms with Crippen molar-refractivity contribution in [3.63, 3.8) is 0 Å². The molecular weight excluding hydrogens is 428 g/mol. The summed E-state index contributed by atoms with van der Waals surface area (Å²) in [5, 5.41) is 8.11. The first-order chi connectivity index (χ1) is 15.2. The van der Waals surface area contributed by atoms with E-state index in [0.717, 1.165) is 0 Å². The van der Waals surface area contributed by atoms with E-state index in [2.05, 4.69) is 41.5 Å². The summed E-state index contributed by atoms with van der Waals surface area (Å²) in [4.78, 5) is 33.0.